The van der Waals surface area contributed by atoms with E-state index in [1.807, 2.05) is 17.5 Å². The molecule has 1 aliphatic heterocycles. The third kappa shape index (κ3) is 3.54. The fourth-order valence-electron chi connectivity index (χ4n) is 2.31. The molecule has 1 aromatic rings. The average molecular weight is 282 g/mol. The normalized spacial score (nSPS) is 19.5. The summed E-state index contributed by atoms with van der Waals surface area (Å²) in [5, 5.41) is 11.1. The largest absolute Gasteiger partial charge is 0.480 e. The summed E-state index contributed by atoms with van der Waals surface area (Å²) in [6.07, 6.45) is 1.48. The van der Waals surface area contributed by atoms with Crippen LogP contribution < -0.4 is 0 Å². The highest BCUT2D eigenvalue weighted by Gasteiger charge is 2.32. The predicted molar refractivity (Wildman–Crippen MR) is 73.0 cm³/mol. The molecule has 0 bridgehead atoms. The van der Waals surface area contributed by atoms with Crippen molar-refractivity contribution in [2.45, 2.75) is 25.4 Å². The van der Waals surface area contributed by atoms with Crippen molar-refractivity contribution in [1.82, 2.24) is 9.80 Å². The van der Waals surface area contributed by atoms with E-state index in [4.69, 9.17) is 5.11 Å². The van der Waals surface area contributed by atoms with Crippen molar-refractivity contribution >= 4 is 23.2 Å². The Morgan fingerprint density at radius 3 is 3.00 bits per heavy atom. The molecule has 0 spiro atoms. The van der Waals surface area contributed by atoms with Crippen LogP contribution in [0.15, 0.2) is 17.5 Å². The van der Waals surface area contributed by atoms with Gasteiger partial charge in [-0.3, -0.25) is 14.5 Å². The maximum Gasteiger partial charge on any atom is 0.320 e. The number of amides is 1. The minimum atomic E-state index is -0.828. The molecule has 0 aromatic carbocycles. The lowest BCUT2D eigenvalue weighted by molar-refractivity contribution is -0.143. The zero-order chi connectivity index (χ0) is 13.8. The molecule has 6 heteroatoms. The molecule has 2 heterocycles. The Hall–Kier alpha value is -1.40. The van der Waals surface area contributed by atoms with Gasteiger partial charge in [-0.2, -0.15) is 0 Å². The van der Waals surface area contributed by atoms with Gasteiger partial charge < -0.3 is 10.0 Å². The van der Waals surface area contributed by atoms with Gasteiger partial charge in [0.15, 0.2) is 0 Å². The van der Waals surface area contributed by atoms with E-state index in [9.17, 15) is 9.59 Å². The minimum absolute atomic E-state index is 0.0263. The van der Waals surface area contributed by atoms with Gasteiger partial charge in [-0.15, -0.1) is 11.3 Å². The monoisotopic (exact) mass is 282 g/mol. The van der Waals surface area contributed by atoms with Gasteiger partial charge in [-0.25, -0.2) is 0 Å². The smallest absolute Gasteiger partial charge is 0.320 e. The summed E-state index contributed by atoms with van der Waals surface area (Å²) in [5.41, 5.74) is 0. The Morgan fingerprint density at radius 2 is 2.37 bits per heavy atom. The Balaban J connectivity index is 1.88. The summed E-state index contributed by atoms with van der Waals surface area (Å²) < 4.78 is 0. The number of likely N-dealkylation sites (N-methyl/N-ethyl adjacent to an activating group) is 1. The van der Waals surface area contributed by atoms with Crippen molar-refractivity contribution in [3.05, 3.63) is 22.4 Å². The molecule has 5 nitrogen and oxygen atoms in total. The van der Waals surface area contributed by atoms with Crippen LogP contribution in [0.2, 0.25) is 0 Å². The molecule has 0 unspecified atom stereocenters. The highest BCUT2D eigenvalue weighted by Crippen LogP contribution is 2.17. The zero-order valence-corrected chi connectivity index (χ0v) is 11.7. The summed E-state index contributed by atoms with van der Waals surface area (Å²) in [5.74, 6) is -0.854. The van der Waals surface area contributed by atoms with Crippen LogP contribution in [-0.2, 0) is 16.1 Å². The number of rotatable bonds is 5. The third-order valence-electron chi connectivity index (χ3n) is 3.39. The van der Waals surface area contributed by atoms with E-state index in [1.165, 1.54) is 0 Å². The fraction of sp³-hybridized carbons (Fsp3) is 0.538. The Labute approximate surface area is 116 Å². The van der Waals surface area contributed by atoms with Crippen molar-refractivity contribution < 1.29 is 14.7 Å². The van der Waals surface area contributed by atoms with Gasteiger partial charge in [0.1, 0.15) is 6.04 Å². The van der Waals surface area contributed by atoms with Crippen LogP contribution in [0.25, 0.3) is 0 Å². The van der Waals surface area contributed by atoms with E-state index in [0.29, 0.717) is 19.5 Å². The number of hydrogen-bond donors (Lipinski definition) is 1. The molecule has 1 amide bonds. The SMILES string of the molecule is CN(Cc1cccs1)C(=O)CN1CCC[C@@H]1C(=O)O. The van der Waals surface area contributed by atoms with Crippen LogP contribution in [0.5, 0.6) is 0 Å². The van der Waals surface area contributed by atoms with Crippen molar-refractivity contribution in [3.63, 3.8) is 0 Å². The number of likely N-dealkylation sites (tertiary alicyclic amines) is 1. The second kappa shape index (κ2) is 6.16. The van der Waals surface area contributed by atoms with E-state index in [1.54, 1.807) is 28.2 Å². The Kier molecular flexibility index (Phi) is 4.55. The van der Waals surface area contributed by atoms with Crippen LogP contribution in [0, 0.1) is 0 Å². The van der Waals surface area contributed by atoms with E-state index < -0.39 is 12.0 Å². The van der Waals surface area contributed by atoms with Crippen LogP contribution in [0.4, 0.5) is 0 Å². The van der Waals surface area contributed by atoms with Crippen LogP contribution >= 0.6 is 11.3 Å². The van der Waals surface area contributed by atoms with E-state index in [0.717, 1.165) is 11.3 Å². The molecule has 1 saturated heterocycles. The first-order valence-electron chi connectivity index (χ1n) is 6.31. The second-order valence-electron chi connectivity index (χ2n) is 4.80. The number of nitrogens with zero attached hydrogens (tertiary/aromatic N) is 2. The number of carbonyl (C=O) groups is 2. The predicted octanol–water partition coefficient (Wildman–Crippen LogP) is 1.26. The van der Waals surface area contributed by atoms with E-state index in [-0.39, 0.29) is 12.5 Å². The molecule has 2 rings (SSSR count). The lowest BCUT2D eigenvalue weighted by Gasteiger charge is -2.24. The maximum absolute atomic E-state index is 12.1. The van der Waals surface area contributed by atoms with Crippen molar-refractivity contribution in [2.75, 3.05) is 20.1 Å². The maximum atomic E-state index is 12.1. The molecule has 19 heavy (non-hydrogen) atoms. The number of thiophene rings is 1. The quantitative estimate of drug-likeness (QED) is 0.883. The highest BCUT2D eigenvalue weighted by molar-refractivity contribution is 7.09. The van der Waals surface area contributed by atoms with E-state index >= 15 is 0 Å². The van der Waals surface area contributed by atoms with Gasteiger partial charge in [0.25, 0.3) is 0 Å². The number of carbonyl (C=O) groups excluding carboxylic acids is 1. The van der Waals surface area contributed by atoms with Crippen molar-refractivity contribution in [3.8, 4) is 0 Å². The minimum Gasteiger partial charge on any atom is -0.480 e. The third-order valence-corrected chi connectivity index (χ3v) is 4.25. The van der Waals surface area contributed by atoms with Gasteiger partial charge in [-0.05, 0) is 30.8 Å². The van der Waals surface area contributed by atoms with Crippen molar-refractivity contribution in [1.29, 1.82) is 0 Å². The first kappa shape index (κ1) is 14.0. The average Bonchev–Trinajstić information content (AvgIpc) is 2.99. The van der Waals surface area contributed by atoms with Gasteiger partial charge >= 0.3 is 5.97 Å². The number of aliphatic carboxylic acids is 1. The van der Waals surface area contributed by atoms with Crippen LogP contribution in [0.3, 0.4) is 0 Å². The summed E-state index contributed by atoms with van der Waals surface area (Å²) in [7, 11) is 1.76. The number of carboxylic acids is 1. The molecule has 1 N–H and O–H groups in total. The molecule has 1 aliphatic rings. The van der Waals surface area contributed by atoms with Gasteiger partial charge in [0.05, 0.1) is 13.1 Å². The molecular formula is C13H18N2O3S. The van der Waals surface area contributed by atoms with Gasteiger partial charge in [-0.1, -0.05) is 6.07 Å². The first-order valence-corrected chi connectivity index (χ1v) is 7.19. The fourth-order valence-corrected chi connectivity index (χ4v) is 3.07. The first-order chi connectivity index (χ1) is 9.08. The summed E-state index contributed by atoms with van der Waals surface area (Å²) in [4.78, 5) is 27.7. The topological polar surface area (TPSA) is 60.9 Å². The molecule has 0 saturated carbocycles. The Morgan fingerprint density at radius 1 is 1.58 bits per heavy atom. The highest BCUT2D eigenvalue weighted by atomic mass is 32.1. The summed E-state index contributed by atoms with van der Waals surface area (Å²) in [6.45, 7) is 1.47. The molecule has 104 valence electrons. The lowest BCUT2D eigenvalue weighted by Crippen LogP contribution is -2.43. The zero-order valence-electron chi connectivity index (χ0n) is 10.9. The molecule has 0 radical (unpaired) electrons. The van der Waals surface area contributed by atoms with Gasteiger partial charge in [0, 0.05) is 11.9 Å². The van der Waals surface area contributed by atoms with Crippen LogP contribution in [0.1, 0.15) is 17.7 Å². The summed E-state index contributed by atoms with van der Waals surface area (Å²) in [6, 6.07) is 3.45. The van der Waals surface area contributed by atoms with E-state index in [2.05, 4.69) is 0 Å². The van der Waals surface area contributed by atoms with Crippen molar-refractivity contribution in [2.24, 2.45) is 0 Å². The standard InChI is InChI=1S/C13H18N2O3S/c1-14(8-10-4-3-7-19-10)12(16)9-15-6-2-5-11(15)13(17)18/h3-4,7,11H,2,5-6,8-9H2,1H3,(H,17,18)/t11-/m1/s1. The van der Waals surface area contributed by atoms with Crippen LogP contribution in [-0.4, -0.2) is 53.0 Å². The number of hydrogen-bond acceptors (Lipinski definition) is 4. The second-order valence-corrected chi connectivity index (χ2v) is 5.83. The summed E-state index contributed by atoms with van der Waals surface area (Å²) >= 11 is 1.62. The molecule has 1 atom stereocenters. The lowest BCUT2D eigenvalue weighted by atomic mass is 10.2. The number of carboxylic acid groups (broad SMARTS) is 1. The van der Waals surface area contributed by atoms with Gasteiger partial charge in [0.2, 0.25) is 5.91 Å². The molecule has 1 aromatic heterocycles. The molecule has 0 aliphatic carbocycles. The molecule has 1 fully saturated rings. The molecular weight excluding hydrogens is 264 g/mol. The Bertz CT molecular complexity index is 447.